The van der Waals surface area contributed by atoms with Crippen LogP contribution in [0.4, 0.5) is 4.39 Å². The van der Waals surface area contributed by atoms with E-state index < -0.39 is 6.10 Å². The molecule has 0 fully saturated rings. The molecule has 0 amide bonds. The van der Waals surface area contributed by atoms with Crippen LogP contribution in [0.5, 0.6) is 0 Å². The van der Waals surface area contributed by atoms with E-state index in [1.165, 1.54) is 6.07 Å². The molecule has 0 heterocycles. The Morgan fingerprint density at radius 2 is 1.47 bits per heavy atom. The number of hydrogen-bond acceptors (Lipinski definition) is 1. The van der Waals surface area contributed by atoms with E-state index >= 15 is 0 Å². The lowest BCUT2D eigenvalue weighted by Crippen LogP contribution is -2.09. The van der Waals surface area contributed by atoms with Gasteiger partial charge in [0.2, 0.25) is 0 Å². The molecular weight excluding hydrogens is 239 g/mol. The highest BCUT2D eigenvalue weighted by atomic mass is 19.1. The van der Waals surface area contributed by atoms with E-state index in [2.05, 4.69) is 0 Å². The van der Waals surface area contributed by atoms with Crippen molar-refractivity contribution in [3.05, 3.63) is 69.5 Å². The first kappa shape index (κ1) is 13.8. The second-order valence-electron chi connectivity index (χ2n) is 5.19. The molecule has 0 bridgehead atoms. The molecule has 0 aromatic heterocycles. The predicted octanol–water partition coefficient (Wildman–Crippen LogP) is 4.14. The fourth-order valence-corrected chi connectivity index (χ4v) is 2.68. The zero-order chi connectivity index (χ0) is 14.2. The summed E-state index contributed by atoms with van der Waals surface area (Å²) in [5.41, 5.74) is 4.79. The van der Waals surface area contributed by atoms with Crippen LogP contribution in [0, 0.1) is 33.5 Å². The van der Waals surface area contributed by atoms with Gasteiger partial charge in [-0.3, -0.25) is 0 Å². The number of hydrogen-bond donors (Lipinski definition) is 1. The molecule has 0 aliphatic heterocycles. The van der Waals surface area contributed by atoms with Crippen molar-refractivity contribution in [2.24, 2.45) is 0 Å². The summed E-state index contributed by atoms with van der Waals surface area (Å²) in [6, 6.07) is 9.19. The predicted molar refractivity (Wildman–Crippen MR) is 75.9 cm³/mol. The largest absolute Gasteiger partial charge is 0.384 e. The van der Waals surface area contributed by atoms with E-state index in [9.17, 15) is 9.50 Å². The Morgan fingerprint density at radius 1 is 0.895 bits per heavy atom. The van der Waals surface area contributed by atoms with E-state index in [4.69, 9.17) is 0 Å². The molecule has 2 aromatic carbocycles. The van der Waals surface area contributed by atoms with Crippen LogP contribution in [0.3, 0.4) is 0 Å². The van der Waals surface area contributed by atoms with Crippen LogP contribution in [0.15, 0.2) is 30.3 Å². The summed E-state index contributed by atoms with van der Waals surface area (Å²) < 4.78 is 14.2. The molecule has 2 heteroatoms. The van der Waals surface area contributed by atoms with Gasteiger partial charge in [-0.2, -0.15) is 0 Å². The average molecular weight is 258 g/mol. The molecule has 2 rings (SSSR count). The highest BCUT2D eigenvalue weighted by molar-refractivity contribution is 5.44. The number of halogens is 1. The summed E-state index contributed by atoms with van der Waals surface area (Å²) in [4.78, 5) is 0. The molecule has 0 saturated carbocycles. The van der Waals surface area contributed by atoms with Gasteiger partial charge in [-0.05, 0) is 61.6 Å². The van der Waals surface area contributed by atoms with Crippen LogP contribution in [0.2, 0.25) is 0 Å². The molecule has 1 N–H and O–H groups in total. The Morgan fingerprint density at radius 3 is 2.00 bits per heavy atom. The molecule has 0 spiro atoms. The first-order valence-corrected chi connectivity index (χ1v) is 6.42. The normalized spacial score (nSPS) is 12.5. The number of aliphatic hydroxyl groups excluding tert-OH is 1. The van der Waals surface area contributed by atoms with Gasteiger partial charge in [0.15, 0.2) is 0 Å². The highest BCUT2D eigenvalue weighted by Crippen LogP contribution is 2.31. The Labute approximate surface area is 113 Å². The SMILES string of the molecule is Cc1cc(C)c(C(O)c2c(C)cccc2C)c(F)c1. The maximum absolute atomic E-state index is 14.2. The minimum atomic E-state index is -0.915. The average Bonchev–Trinajstić information content (AvgIpc) is 2.26. The smallest absolute Gasteiger partial charge is 0.129 e. The third kappa shape index (κ3) is 2.54. The lowest BCUT2D eigenvalue weighted by atomic mass is 9.90. The van der Waals surface area contributed by atoms with Crippen LogP contribution < -0.4 is 0 Å². The van der Waals surface area contributed by atoms with Crippen molar-refractivity contribution in [2.45, 2.75) is 33.8 Å². The molecule has 100 valence electrons. The molecule has 1 unspecified atom stereocenters. The molecule has 0 aliphatic carbocycles. The standard InChI is InChI=1S/C17H19FO/c1-10-8-13(4)16(14(18)9-10)17(19)15-11(2)6-5-7-12(15)3/h5-9,17,19H,1-4H3. The van der Waals surface area contributed by atoms with E-state index in [0.29, 0.717) is 5.56 Å². The van der Waals surface area contributed by atoms with Crippen molar-refractivity contribution in [3.63, 3.8) is 0 Å². The molecule has 19 heavy (non-hydrogen) atoms. The van der Waals surface area contributed by atoms with Gasteiger partial charge in [0, 0.05) is 5.56 Å². The van der Waals surface area contributed by atoms with Crippen molar-refractivity contribution in [2.75, 3.05) is 0 Å². The number of aliphatic hydroxyl groups is 1. The van der Waals surface area contributed by atoms with Crippen molar-refractivity contribution in [3.8, 4) is 0 Å². The zero-order valence-corrected chi connectivity index (χ0v) is 11.8. The highest BCUT2D eigenvalue weighted by Gasteiger charge is 2.20. The van der Waals surface area contributed by atoms with Crippen LogP contribution >= 0.6 is 0 Å². The lowest BCUT2D eigenvalue weighted by molar-refractivity contribution is 0.212. The molecule has 0 radical (unpaired) electrons. The van der Waals surface area contributed by atoms with E-state index in [-0.39, 0.29) is 5.82 Å². The molecular formula is C17H19FO. The molecule has 1 atom stereocenters. The second-order valence-corrected chi connectivity index (χ2v) is 5.19. The molecule has 2 aromatic rings. The van der Waals surface area contributed by atoms with Gasteiger partial charge in [0.05, 0.1) is 0 Å². The number of benzene rings is 2. The van der Waals surface area contributed by atoms with Crippen LogP contribution in [-0.4, -0.2) is 5.11 Å². The Hall–Kier alpha value is -1.67. The van der Waals surface area contributed by atoms with Crippen LogP contribution in [0.25, 0.3) is 0 Å². The van der Waals surface area contributed by atoms with Crippen molar-refractivity contribution in [1.82, 2.24) is 0 Å². The quantitative estimate of drug-likeness (QED) is 0.858. The number of rotatable bonds is 2. The van der Waals surface area contributed by atoms with Gasteiger partial charge >= 0.3 is 0 Å². The summed E-state index contributed by atoms with van der Waals surface area (Å²) in [7, 11) is 0. The van der Waals surface area contributed by atoms with Gasteiger partial charge in [-0.15, -0.1) is 0 Å². The monoisotopic (exact) mass is 258 g/mol. The molecule has 1 nitrogen and oxygen atoms in total. The maximum atomic E-state index is 14.2. The van der Waals surface area contributed by atoms with Crippen LogP contribution in [0.1, 0.15) is 39.5 Å². The van der Waals surface area contributed by atoms with Gasteiger partial charge in [0.25, 0.3) is 0 Å². The summed E-state index contributed by atoms with van der Waals surface area (Å²) >= 11 is 0. The van der Waals surface area contributed by atoms with Crippen molar-refractivity contribution in [1.29, 1.82) is 0 Å². The van der Waals surface area contributed by atoms with Crippen LogP contribution in [-0.2, 0) is 0 Å². The zero-order valence-electron chi connectivity index (χ0n) is 11.8. The Balaban J connectivity index is 2.60. The third-order valence-corrected chi connectivity index (χ3v) is 3.57. The molecule has 0 saturated heterocycles. The summed E-state index contributed by atoms with van der Waals surface area (Å²) in [5.74, 6) is -0.340. The van der Waals surface area contributed by atoms with Gasteiger partial charge in [0.1, 0.15) is 11.9 Å². The van der Waals surface area contributed by atoms with Gasteiger partial charge in [-0.25, -0.2) is 4.39 Å². The topological polar surface area (TPSA) is 20.2 Å². The van der Waals surface area contributed by atoms with E-state index in [1.807, 2.05) is 52.0 Å². The third-order valence-electron chi connectivity index (χ3n) is 3.57. The lowest BCUT2D eigenvalue weighted by Gasteiger charge is -2.19. The van der Waals surface area contributed by atoms with Crippen molar-refractivity contribution >= 4 is 0 Å². The first-order chi connectivity index (χ1) is 8.91. The minimum Gasteiger partial charge on any atom is -0.384 e. The first-order valence-electron chi connectivity index (χ1n) is 6.42. The van der Waals surface area contributed by atoms with E-state index in [0.717, 1.165) is 27.8 Å². The minimum absolute atomic E-state index is 0.340. The second kappa shape index (κ2) is 5.14. The number of aryl methyl sites for hydroxylation is 4. The Bertz CT molecular complexity index is 573. The fraction of sp³-hybridized carbons (Fsp3) is 0.294. The Kier molecular flexibility index (Phi) is 3.72. The van der Waals surface area contributed by atoms with Gasteiger partial charge < -0.3 is 5.11 Å². The van der Waals surface area contributed by atoms with Crippen molar-refractivity contribution < 1.29 is 9.50 Å². The van der Waals surface area contributed by atoms with Gasteiger partial charge in [-0.1, -0.05) is 24.3 Å². The summed E-state index contributed by atoms with van der Waals surface area (Å²) in [6.07, 6.45) is -0.915. The maximum Gasteiger partial charge on any atom is 0.129 e. The summed E-state index contributed by atoms with van der Waals surface area (Å²) in [6.45, 7) is 7.56. The summed E-state index contributed by atoms with van der Waals surface area (Å²) in [5, 5.41) is 10.6. The molecule has 0 aliphatic rings. The fourth-order valence-electron chi connectivity index (χ4n) is 2.68. The van der Waals surface area contributed by atoms with E-state index in [1.54, 1.807) is 0 Å².